The number of aromatic amines is 1. The number of nitrogens with one attached hydrogen (secondary N) is 1. The summed E-state index contributed by atoms with van der Waals surface area (Å²) in [5.41, 5.74) is 3.14. The van der Waals surface area contributed by atoms with E-state index >= 15 is 0 Å². The Balaban J connectivity index is 1.30. The van der Waals surface area contributed by atoms with Crippen molar-refractivity contribution in [1.82, 2.24) is 25.0 Å². The standard InChI is InChI=1S/C19H28N6O/c1-24-17(14-2-3-16-15(12-14)13-20-21-16)22-23-18(24)25-8-4-19(5-9-25)6-10-26-11-7-19/h13-14H,2-12H2,1H3,(H,20,21). The summed E-state index contributed by atoms with van der Waals surface area (Å²) in [6.45, 7) is 4.04. The third-order valence-electron chi connectivity index (χ3n) is 6.93. The summed E-state index contributed by atoms with van der Waals surface area (Å²) in [5, 5.41) is 16.5. The second kappa shape index (κ2) is 6.37. The molecule has 4 heterocycles. The Morgan fingerprint density at radius 1 is 1.15 bits per heavy atom. The number of aromatic nitrogens is 5. The van der Waals surface area contributed by atoms with Crippen molar-refractivity contribution in [3.8, 4) is 0 Å². The predicted molar refractivity (Wildman–Crippen MR) is 98.3 cm³/mol. The van der Waals surface area contributed by atoms with Gasteiger partial charge in [0.05, 0.1) is 6.20 Å². The molecule has 7 nitrogen and oxygen atoms in total. The number of piperidine rings is 1. The first-order valence-electron chi connectivity index (χ1n) is 9.97. The Kier molecular flexibility index (Phi) is 3.99. The maximum absolute atomic E-state index is 5.57. The van der Waals surface area contributed by atoms with Crippen LogP contribution in [0.15, 0.2) is 6.20 Å². The van der Waals surface area contributed by atoms with E-state index in [0.29, 0.717) is 11.3 Å². The molecule has 26 heavy (non-hydrogen) atoms. The van der Waals surface area contributed by atoms with Crippen molar-refractivity contribution in [2.45, 2.75) is 50.9 Å². The van der Waals surface area contributed by atoms with Gasteiger partial charge < -0.3 is 14.2 Å². The molecule has 1 N–H and O–H groups in total. The minimum absolute atomic E-state index is 0.443. The highest BCUT2D eigenvalue weighted by Crippen LogP contribution is 2.41. The molecule has 2 aromatic heterocycles. The highest BCUT2D eigenvalue weighted by atomic mass is 16.5. The molecule has 2 fully saturated rings. The van der Waals surface area contributed by atoms with Gasteiger partial charge in [-0.2, -0.15) is 5.10 Å². The summed E-state index contributed by atoms with van der Waals surface area (Å²) in [5.74, 6) is 2.61. The lowest BCUT2D eigenvalue weighted by atomic mass is 9.72. The van der Waals surface area contributed by atoms with Gasteiger partial charge >= 0.3 is 0 Å². The van der Waals surface area contributed by atoms with Crippen LogP contribution in [0.25, 0.3) is 0 Å². The van der Waals surface area contributed by atoms with E-state index in [1.165, 1.54) is 36.9 Å². The molecule has 0 radical (unpaired) electrons. The van der Waals surface area contributed by atoms with Crippen molar-refractivity contribution in [2.24, 2.45) is 12.5 Å². The number of ether oxygens (including phenoxy) is 1. The van der Waals surface area contributed by atoms with Crippen LogP contribution in [0.5, 0.6) is 0 Å². The quantitative estimate of drug-likeness (QED) is 0.893. The van der Waals surface area contributed by atoms with Gasteiger partial charge in [-0.05, 0) is 55.9 Å². The van der Waals surface area contributed by atoms with E-state index in [0.717, 1.165) is 57.3 Å². The van der Waals surface area contributed by atoms with E-state index in [4.69, 9.17) is 4.74 Å². The van der Waals surface area contributed by atoms with Crippen molar-refractivity contribution in [1.29, 1.82) is 0 Å². The number of H-pyrrole nitrogens is 1. The Morgan fingerprint density at radius 3 is 2.77 bits per heavy atom. The highest BCUT2D eigenvalue weighted by Gasteiger charge is 2.37. The molecule has 0 bridgehead atoms. The van der Waals surface area contributed by atoms with Gasteiger partial charge in [-0.25, -0.2) is 0 Å². The first-order valence-corrected chi connectivity index (χ1v) is 9.97. The largest absolute Gasteiger partial charge is 0.381 e. The third kappa shape index (κ3) is 2.73. The second-order valence-electron chi connectivity index (χ2n) is 8.33. The van der Waals surface area contributed by atoms with Gasteiger partial charge in [0.25, 0.3) is 0 Å². The highest BCUT2D eigenvalue weighted by molar-refractivity contribution is 5.34. The monoisotopic (exact) mass is 356 g/mol. The van der Waals surface area contributed by atoms with Crippen molar-refractivity contribution in [2.75, 3.05) is 31.2 Å². The van der Waals surface area contributed by atoms with Crippen LogP contribution in [-0.2, 0) is 24.6 Å². The number of hydrogen-bond acceptors (Lipinski definition) is 5. The van der Waals surface area contributed by atoms with Crippen LogP contribution in [0.3, 0.4) is 0 Å². The zero-order valence-corrected chi connectivity index (χ0v) is 15.6. The van der Waals surface area contributed by atoms with Crippen LogP contribution in [0.2, 0.25) is 0 Å². The van der Waals surface area contributed by atoms with Crippen LogP contribution in [0, 0.1) is 5.41 Å². The van der Waals surface area contributed by atoms with Gasteiger partial charge in [0.2, 0.25) is 5.95 Å². The molecule has 2 aromatic rings. The molecular formula is C19H28N6O. The molecule has 3 aliphatic rings. The Labute approximate surface area is 154 Å². The van der Waals surface area contributed by atoms with Crippen molar-refractivity contribution >= 4 is 5.95 Å². The second-order valence-corrected chi connectivity index (χ2v) is 8.33. The SMILES string of the molecule is Cn1c(C2CCc3[nH]ncc3C2)nnc1N1CCC2(CCOCC2)CC1. The van der Waals surface area contributed by atoms with Crippen LogP contribution >= 0.6 is 0 Å². The number of anilines is 1. The third-order valence-corrected chi connectivity index (χ3v) is 6.93. The maximum Gasteiger partial charge on any atom is 0.226 e. The summed E-state index contributed by atoms with van der Waals surface area (Å²) in [6.07, 6.45) is 10.1. The number of fused-ring (bicyclic) bond motifs is 1. The summed E-state index contributed by atoms with van der Waals surface area (Å²) >= 11 is 0. The van der Waals surface area contributed by atoms with E-state index in [9.17, 15) is 0 Å². The summed E-state index contributed by atoms with van der Waals surface area (Å²) in [7, 11) is 2.13. The topological polar surface area (TPSA) is 71.9 Å². The Hall–Kier alpha value is -1.89. The first kappa shape index (κ1) is 16.3. The molecule has 2 saturated heterocycles. The smallest absolute Gasteiger partial charge is 0.226 e. The molecule has 0 amide bonds. The van der Waals surface area contributed by atoms with Gasteiger partial charge in [0.15, 0.2) is 0 Å². The molecule has 1 unspecified atom stereocenters. The van der Waals surface area contributed by atoms with Crippen LogP contribution in [-0.4, -0.2) is 51.3 Å². The predicted octanol–water partition coefficient (Wildman–Crippen LogP) is 2.21. The van der Waals surface area contributed by atoms with Gasteiger partial charge in [0.1, 0.15) is 5.82 Å². The van der Waals surface area contributed by atoms with Crippen molar-refractivity contribution < 1.29 is 4.74 Å². The number of nitrogens with zero attached hydrogens (tertiary/aromatic N) is 5. The molecule has 7 heteroatoms. The Morgan fingerprint density at radius 2 is 1.96 bits per heavy atom. The number of hydrogen-bond donors (Lipinski definition) is 1. The lowest BCUT2D eigenvalue weighted by Crippen LogP contribution is -2.43. The normalized spacial score (nSPS) is 25.4. The molecule has 5 rings (SSSR count). The van der Waals surface area contributed by atoms with Gasteiger partial charge in [-0.1, -0.05) is 0 Å². The van der Waals surface area contributed by atoms with E-state index in [1.807, 2.05) is 6.20 Å². The zero-order valence-electron chi connectivity index (χ0n) is 15.6. The molecule has 140 valence electrons. The summed E-state index contributed by atoms with van der Waals surface area (Å²) < 4.78 is 7.80. The lowest BCUT2D eigenvalue weighted by Gasteiger charge is -2.44. The minimum Gasteiger partial charge on any atom is -0.381 e. The van der Waals surface area contributed by atoms with Gasteiger partial charge in [-0.15, -0.1) is 10.2 Å². The molecule has 0 saturated carbocycles. The Bertz CT molecular complexity index is 765. The summed E-state index contributed by atoms with van der Waals surface area (Å²) in [4.78, 5) is 2.43. The fourth-order valence-corrected chi connectivity index (χ4v) is 5.09. The van der Waals surface area contributed by atoms with E-state index < -0.39 is 0 Å². The molecule has 1 aliphatic carbocycles. The number of rotatable bonds is 2. The fraction of sp³-hybridized carbons (Fsp3) is 0.737. The zero-order chi connectivity index (χ0) is 17.6. The molecule has 1 atom stereocenters. The first-order chi connectivity index (χ1) is 12.7. The lowest BCUT2D eigenvalue weighted by molar-refractivity contribution is 0.00194. The van der Waals surface area contributed by atoms with E-state index in [1.54, 1.807) is 0 Å². The molecule has 2 aliphatic heterocycles. The fourth-order valence-electron chi connectivity index (χ4n) is 5.09. The molecule has 0 aromatic carbocycles. The van der Waals surface area contributed by atoms with Crippen molar-refractivity contribution in [3.63, 3.8) is 0 Å². The van der Waals surface area contributed by atoms with Crippen LogP contribution < -0.4 is 4.90 Å². The summed E-state index contributed by atoms with van der Waals surface area (Å²) in [6, 6.07) is 0. The number of aryl methyl sites for hydroxylation is 1. The average molecular weight is 356 g/mol. The van der Waals surface area contributed by atoms with Crippen LogP contribution in [0.4, 0.5) is 5.95 Å². The van der Waals surface area contributed by atoms with E-state index in [2.05, 4.69) is 36.9 Å². The average Bonchev–Trinajstić information content (AvgIpc) is 3.29. The van der Waals surface area contributed by atoms with Crippen molar-refractivity contribution in [3.05, 3.63) is 23.3 Å². The van der Waals surface area contributed by atoms with Gasteiger partial charge in [-0.3, -0.25) is 5.10 Å². The maximum atomic E-state index is 5.57. The minimum atomic E-state index is 0.443. The molecular weight excluding hydrogens is 328 g/mol. The van der Waals surface area contributed by atoms with Crippen LogP contribution in [0.1, 0.15) is 55.1 Å². The van der Waals surface area contributed by atoms with Gasteiger partial charge in [0, 0.05) is 45.0 Å². The van der Waals surface area contributed by atoms with E-state index in [-0.39, 0.29) is 0 Å². The molecule has 1 spiro atoms.